The van der Waals surface area contributed by atoms with Crippen LogP contribution in [-0.4, -0.2) is 53.2 Å². The molecule has 2 aromatic rings. The van der Waals surface area contributed by atoms with Crippen LogP contribution >= 0.6 is 0 Å². The van der Waals surface area contributed by atoms with Crippen LogP contribution in [0.25, 0.3) is 0 Å². The lowest BCUT2D eigenvalue weighted by atomic mass is 10.0. The SMILES string of the molecule is N#CC[C@H]1CN(c2ncnc3c2CCNC3)CCN1C(=O)OCc1ccccc1. The fourth-order valence-corrected chi connectivity index (χ4v) is 3.91. The van der Waals surface area contributed by atoms with Crippen molar-refractivity contribution in [3.05, 3.63) is 53.5 Å². The van der Waals surface area contributed by atoms with Crippen molar-refractivity contribution in [2.45, 2.75) is 32.0 Å². The third-order valence-corrected chi connectivity index (χ3v) is 5.40. The van der Waals surface area contributed by atoms with E-state index >= 15 is 0 Å². The van der Waals surface area contributed by atoms with Crippen molar-refractivity contribution >= 4 is 11.9 Å². The quantitative estimate of drug-likeness (QED) is 0.849. The molecule has 29 heavy (non-hydrogen) atoms. The van der Waals surface area contributed by atoms with Crippen LogP contribution in [0.15, 0.2) is 36.7 Å². The number of nitrogens with zero attached hydrogens (tertiary/aromatic N) is 5. The summed E-state index contributed by atoms with van der Waals surface area (Å²) < 4.78 is 5.50. The van der Waals surface area contributed by atoms with E-state index in [1.54, 1.807) is 11.2 Å². The molecule has 4 rings (SSSR count). The molecular formula is C21H24N6O2. The van der Waals surface area contributed by atoms with Gasteiger partial charge in [0.2, 0.25) is 0 Å². The fraction of sp³-hybridized carbons (Fsp3) is 0.429. The Balaban J connectivity index is 1.45. The Morgan fingerprint density at radius 3 is 2.97 bits per heavy atom. The summed E-state index contributed by atoms with van der Waals surface area (Å²) in [6.45, 7) is 3.59. The number of piperazine rings is 1. The number of benzene rings is 1. The predicted octanol–water partition coefficient (Wildman–Crippen LogP) is 1.86. The fourth-order valence-electron chi connectivity index (χ4n) is 3.91. The lowest BCUT2D eigenvalue weighted by Crippen LogP contribution is -2.55. The van der Waals surface area contributed by atoms with Gasteiger partial charge < -0.3 is 19.9 Å². The normalized spacial score (nSPS) is 18.7. The van der Waals surface area contributed by atoms with Crippen LogP contribution in [0.2, 0.25) is 0 Å². The van der Waals surface area contributed by atoms with Gasteiger partial charge in [0, 0.05) is 31.7 Å². The largest absolute Gasteiger partial charge is 0.445 e. The topological polar surface area (TPSA) is 94.4 Å². The number of nitrogens with one attached hydrogen (secondary N) is 1. The number of rotatable bonds is 4. The molecule has 0 unspecified atom stereocenters. The van der Waals surface area contributed by atoms with Gasteiger partial charge in [-0.1, -0.05) is 30.3 Å². The van der Waals surface area contributed by atoms with Crippen molar-refractivity contribution in [2.75, 3.05) is 31.1 Å². The summed E-state index contributed by atoms with van der Waals surface area (Å²) in [4.78, 5) is 25.4. The van der Waals surface area contributed by atoms with Crippen molar-refractivity contribution < 1.29 is 9.53 Å². The third kappa shape index (κ3) is 4.30. The van der Waals surface area contributed by atoms with Crippen LogP contribution in [0.5, 0.6) is 0 Å². The van der Waals surface area contributed by atoms with E-state index in [1.807, 2.05) is 30.3 Å². The van der Waals surface area contributed by atoms with Crippen LogP contribution in [0.1, 0.15) is 23.2 Å². The first-order chi connectivity index (χ1) is 14.3. The molecule has 1 aromatic heterocycles. The van der Waals surface area contributed by atoms with E-state index in [2.05, 4.69) is 26.3 Å². The molecule has 1 fully saturated rings. The maximum atomic E-state index is 12.7. The number of nitriles is 1. The van der Waals surface area contributed by atoms with Crippen molar-refractivity contribution in [3.8, 4) is 6.07 Å². The number of aromatic nitrogens is 2. The van der Waals surface area contributed by atoms with Crippen LogP contribution < -0.4 is 10.2 Å². The lowest BCUT2D eigenvalue weighted by Gasteiger charge is -2.41. The monoisotopic (exact) mass is 392 g/mol. The van der Waals surface area contributed by atoms with E-state index in [0.29, 0.717) is 19.6 Å². The molecule has 0 bridgehead atoms. The second-order valence-electron chi connectivity index (χ2n) is 7.24. The minimum Gasteiger partial charge on any atom is -0.445 e. The predicted molar refractivity (Wildman–Crippen MR) is 107 cm³/mol. The van der Waals surface area contributed by atoms with E-state index in [1.165, 1.54) is 5.56 Å². The van der Waals surface area contributed by atoms with Gasteiger partial charge in [-0.2, -0.15) is 5.26 Å². The highest BCUT2D eigenvalue weighted by molar-refractivity contribution is 5.69. The maximum Gasteiger partial charge on any atom is 0.410 e. The third-order valence-electron chi connectivity index (χ3n) is 5.40. The molecule has 2 aliphatic heterocycles. The Morgan fingerprint density at radius 1 is 1.28 bits per heavy atom. The summed E-state index contributed by atoms with van der Waals surface area (Å²) in [5.41, 5.74) is 3.14. The summed E-state index contributed by atoms with van der Waals surface area (Å²) in [7, 11) is 0. The van der Waals surface area contributed by atoms with Gasteiger partial charge in [0.25, 0.3) is 0 Å². The second kappa shape index (κ2) is 8.88. The smallest absolute Gasteiger partial charge is 0.410 e. The first kappa shape index (κ1) is 19.2. The lowest BCUT2D eigenvalue weighted by molar-refractivity contribution is 0.0768. The van der Waals surface area contributed by atoms with Gasteiger partial charge in [-0.05, 0) is 18.5 Å². The van der Waals surface area contributed by atoms with E-state index in [9.17, 15) is 10.1 Å². The highest BCUT2D eigenvalue weighted by Gasteiger charge is 2.33. The number of amides is 1. The molecule has 1 atom stereocenters. The Morgan fingerprint density at radius 2 is 2.14 bits per heavy atom. The van der Waals surface area contributed by atoms with Crippen LogP contribution in [0.3, 0.4) is 0 Å². The molecule has 1 amide bonds. The minimum atomic E-state index is -0.373. The molecule has 0 aliphatic carbocycles. The number of fused-ring (bicyclic) bond motifs is 1. The summed E-state index contributed by atoms with van der Waals surface area (Å²) in [6.07, 6.45) is 2.36. The minimum absolute atomic E-state index is 0.228. The highest BCUT2D eigenvalue weighted by Crippen LogP contribution is 2.26. The summed E-state index contributed by atoms with van der Waals surface area (Å²) in [5.74, 6) is 0.928. The van der Waals surface area contributed by atoms with E-state index in [-0.39, 0.29) is 25.2 Å². The Hall–Kier alpha value is -3.18. The number of carbonyl (C=O) groups excluding carboxylic acids is 1. The molecule has 3 heterocycles. The zero-order valence-corrected chi connectivity index (χ0v) is 16.3. The molecule has 1 saturated heterocycles. The van der Waals surface area contributed by atoms with Crippen LogP contribution in [-0.2, 0) is 24.3 Å². The molecule has 0 saturated carbocycles. The van der Waals surface area contributed by atoms with Crippen molar-refractivity contribution in [1.29, 1.82) is 5.26 Å². The standard InChI is InChI=1S/C21H24N6O2/c22-8-6-17-13-26(20-18-7-9-23-12-19(18)24-15-25-20)10-11-27(17)21(28)29-14-16-4-2-1-3-5-16/h1-5,15,17,23H,6-7,9-14H2/t17-/m0/s1. The number of carbonyl (C=O) groups is 1. The molecule has 2 aliphatic rings. The van der Waals surface area contributed by atoms with Gasteiger partial charge in [-0.25, -0.2) is 14.8 Å². The van der Waals surface area contributed by atoms with Crippen LogP contribution in [0, 0.1) is 11.3 Å². The Bertz CT molecular complexity index is 898. The van der Waals surface area contributed by atoms with Crippen LogP contribution in [0.4, 0.5) is 10.6 Å². The Kier molecular flexibility index (Phi) is 5.86. The van der Waals surface area contributed by atoms with Gasteiger partial charge in [0.05, 0.1) is 24.2 Å². The molecule has 0 spiro atoms. The molecule has 8 heteroatoms. The van der Waals surface area contributed by atoms with Crippen molar-refractivity contribution in [3.63, 3.8) is 0 Å². The average Bonchev–Trinajstić information content (AvgIpc) is 2.78. The summed E-state index contributed by atoms with van der Waals surface area (Å²) in [6, 6.07) is 11.6. The first-order valence-electron chi connectivity index (χ1n) is 9.89. The maximum absolute atomic E-state index is 12.7. The van der Waals surface area contributed by atoms with E-state index in [4.69, 9.17) is 4.74 Å². The van der Waals surface area contributed by atoms with Gasteiger partial charge in [0.15, 0.2) is 0 Å². The highest BCUT2D eigenvalue weighted by atomic mass is 16.6. The van der Waals surface area contributed by atoms with Gasteiger partial charge >= 0.3 is 6.09 Å². The number of anilines is 1. The summed E-state index contributed by atoms with van der Waals surface area (Å²) in [5, 5.41) is 12.6. The zero-order valence-electron chi connectivity index (χ0n) is 16.3. The first-order valence-corrected chi connectivity index (χ1v) is 9.89. The van der Waals surface area contributed by atoms with Gasteiger partial charge in [0.1, 0.15) is 18.8 Å². The molecule has 150 valence electrons. The number of hydrogen-bond acceptors (Lipinski definition) is 7. The van der Waals surface area contributed by atoms with E-state index < -0.39 is 0 Å². The molecule has 0 radical (unpaired) electrons. The average molecular weight is 392 g/mol. The van der Waals surface area contributed by atoms with Crippen molar-refractivity contribution in [2.24, 2.45) is 0 Å². The Labute approximate surface area is 170 Å². The van der Waals surface area contributed by atoms with Gasteiger partial charge in [-0.3, -0.25) is 0 Å². The van der Waals surface area contributed by atoms with Crippen molar-refractivity contribution in [1.82, 2.24) is 20.2 Å². The molecule has 1 aromatic carbocycles. The molecule has 8 nitrogen and oxygen atoms in total. The number of hydrogen-bond donors (Lipinski definition) is 1. The molecular weight excluding hydrogens is 368 g/mol. The van der Waals surface area contributed by atoms with E-state index in [0.717, 1.165) is 36.6 Å². The van der Waals surface area contributed by atoms with Gasteiger partial charge in [-0.15, -0.1) is 0 Å². The summed E-state index contributed by atoms with van der Waals surface area (Å²) >= 11 is 0. The zero-order chi connectivity index (χ0) is 20.1. The molecule has 1 N–H and O–H groups in total. The number of ether oxygens (including phenoxy) is 1. The second-order valence-corrected chi connectivity index (χ2v) is 7.24.